The van der Waals surface area contributed by atoms with Gasteiger partial charge in [0.25, 0.3) is 0 Å². The Morgan fingerprint density at radius 3 is 2.77 bits per heavy atom. The molecule has 0 amide bonds. The number of halogens is 2. The van der Waals surface area contributed by atoms with Crippen molar-refractivity contribution in [1.29, 1.82) is 0 Å². The number of hydrogen-bond acceptors (Lipinski definition) is 3. The molecule has 0 saturated heterocycles. The van der Waals surface area contributed by atoms with Crippen LogP contribution < -0.4 is 15.5 Å². The largest absolute Gasteiger partial charge is 0.497 e. The molecule has 0 radical (unpaired) electrons. The Hall–Kier alpha value is -1.82. The van der Waals surface area contributed by atoms with E-state index in [4.69, 9.17) is 40.2 Å². The third-order valence-electron chi connectivity index (χ3n) is 2.65. The van der Waals surface area contributed by atoms with Gasteiger partial charge in [-0.2, -0.15) is 5.10 Å². The predicted molar refractivity (Wildman–Crippen MR) is 96.4 cm³/mol. The molecule has 0 unspecified atom stereocenters. The van der Waals surface area contributed by atoms with Gasteiger partial charge in [0.1, 0.15) is 5.75 Å². The predicted octanol–water partition coefficient (Wildman–Crippen LogP) is 4.32. The lowest BCUT2D eigenvalue weighted by atomic mass is 10.2. The minimum atomic E-state index is 0.323. The maximum Gasteiger partial charge on any atom is 0.191 e. The van der Waals surface area contributed by atoms with Crippen LogP contribution in [0, 0.1) is 0 Å². The molecule has 0 aliphatic rings. The number of thiocarbonyl (C=S) groups is 1. The Labute approximate surface area is 144 Å². The van der Waals surface area contributed by atoms with Crippen LogP contribution in [0.2, 0.25) is 10.0 Å². The highest BCUT2D eigenvalue weighted by molar-refractivity contribution is 7.80. The van der Waals surface area contributed by atoms with Crippen LogP contribution in [0.25, 0.3) is 0 Å². The number of rotatable bonds is 4. The second-order valence-electron chi connectivity index (χ2n) is 4.22. The Balaban J connectivity index is 1.93. The smallest absolute Gasteiger partial charge is 0.191 e. The van der Waals surface area contributed by atoms with Crippen LogP contribution in [0.4, 0.5) is 5.69 Å². The van der Waals surface area contributed by atoms with E-state index in [1.165, 1.54) is 0 Å². The van der Waals surface area contributed by atoms with Crippen molar-refractivity contribution in [1.82, 2.24) is 5.43 Å². The van der Waals surface area contributed by atoms with Gasteiger partial charge in [0.15, 0.2) is 5.11 Å². The highest BCUT2D eigenvalue weighted by Gasteiger charge is 2.02. The molecule has 4 nitrogen and oxygen atoms in total. The molecule has 0 saturated carbocycles. The SMILES string of the molecule is COc1cccc(/C=N\NC(=S)Nc2ccc(Cl)cc2Cl)c1. The second kappa shape index (κ2) is 7.98. The minimum absolute atomic E-state index is 0.323. The molecule has 0 aromatic heterocycles. The van der Waals surface area contributed by atoms with Gasteiger partial charge in [0.05, 0.1) is 24.0 Å². The van der Waals surface area contributed by atoms with Crippen LogP contribution in [0.5, 0.6) is 5.75 Å². The van der Waals surface area contributed by atoms with E-state index in [9.17, 15) is 0 Å². The van der Waals surface area contributed by atoms with Gasteiger partial charge in [0.2, 0.25) is 0 Å². The molecule has 0 bridgehead atoms. The number of nitrogens with one attached hydrogen (secondary N) is 2. The molecule has 114 valence electrons. The van der Waals surface area contributed by atoms with Crippen LogP contribution in [-0.2, 0) is 0 Å². The third-order valence-corrected chi connectivity index (χ3v) is 3.39. The van der Waals surface area contributed by atoms with Crippen LogP contribution in [0.1, 0.15) is 5.56 Å². The fraction of sp³-hybridized carbons (Fsp3) is 0.0667. The van der Waals surface area contributed by atoms with Gasteiger partial charge in [-0.15, -0.1) is 0 Å². The standard InChI is InChI=1S/C15H13Cl2N3OS/c1-21-12-4-2-3-10(7-12)9-18-20-15(22)19-14-6-5-11(16)8-13(14)17/h2-9H,1H3,(H2,19,20,22)/b18-9-. The second-order valence-corrected chi connectivity index (χ2v) is 5.48. The van der Waals surface area contributed by atoms with Crippen molar-refractivity contribution < 1.29 is 4.74 Å². The first-order valence-corrected chi connectivity index (χ1v) is 7.44. The van der Waals surface area contributed by atoms with Gasteiger partial charge in [-0.3, -0.25) is 5.43 Å². The van der Waals surface area contributed by atoms with E-state index >= 15 is 0 Å². The fourth-order valence-electron chi connectivity index (χ4n) is 1.63. The van der Waals surface area contributed by atoms with Gasteiger partial charge in [0, 0.05) is 5.02 Å². The first kappa shape index (κ1) is 16.5. The summed E-state index contributed by atoms with van der Waals surface area (Å²) in [7, 11) is 1.61. The summed E-state index contributed by atoms with van der Waals surface area (Å²) in [5.74, 6) is 0.762. The van der Waals surface area contributed by atoms with Crippen molar-refractivity contribution in [3.05, 3.63) is 58.1 Å². The summed E-state index contributed by atoms with van der Waals surface area (Å²) in [6, 6.07) is 12.6. The van der Waals surface area contributed by atoms with Crippen molar-refractivity contribution in [2.45, 2.75) is 0 Å². The summed E-state index contributed by atoms with van der Waals surface area (Å²) in [4.78, 5) is 0. The van der Waals surface area contributed by atoms with Gasteiger partial charge in [-0.1, -0.05) is 35.3 Å². The van der Waals surface area contributed by atoms with E-state index in [2.05, 4.69) is 15.8 Å². The number of nitrogens with zero attached hydrogens (tertiary/aromatic N) is 1. The zero-order chi connectivity index (χ0) is 15.9. The van der Waals surface area contributed by atoms with Crippen LogP contribution >= 0.6 is 35.4 Å². The Morgan fingerprint density at radius 1 is 1.23 bits per heavy atom. The summed E-state index contributed by atoms with van der Waals surface area (Å²) in [5.41, 5.74) is 4.26. The van der Waals surface area contributed by atoms with E-state index in [0.717, 1.165) is 11.3 Å². The number of hydrogen-bond donors (Lipinski definition) is 2. The maximum absolute atomic E-state index is 6.05. The average molecular weight is 354 g/mol. The van der Waals surface area contributed by atoms with E-state index in [-0.39, 0.29) is 0 Å². The topological polar surface area (TPSA) is 45.6 Å². The zero-order valence-electron chi connectivity index (χ0n) is 11.6. The van der Waals surface area contributed by atoms with Crippen molar-refractivity contribution in [2.75, 3.05) is 12.4 Å². The highest BCUT2D eigenvalue weighted by Crippen LogP contribution is 2.25. The minimum Gasteiger partial charge on any atom is -0.497 e. The Morgan fingerprint density at radius 2 is 2.05 bits per heavy atom. The first-order valence-electron chi connectivity index (χ1n) is 6.27. The monoisotopic (exact) mass is 353 g/mol. The molecule has 2 rings (SSSR count). The zero-order valence-corrected chi connectivity index (χ0v) is 14.0. The molecule has 0 aliphatic carbocycles. The van der Waals surface area contributed by atoms with Crippen LogP contribution in [0.15, 0.2) is 47.6 Å². The Bertz CT molecular complexity index is 707. The fourth-order valence-corrected chi connectivity index (χ4v) is 2.25. The van der Waals surface area contributed by atoms with Crippen molar-refractivity contribution >= 4 is 52.4 Å². The van der Waals surface area contributed by atoms with E-state index in [1.54, 1.807) is 31.5 Å². The number of anilines is 1. The lowest BCUT2D eigenvalue weighted by Crippen LogP contribution is -2.24. The average Bonchev–Trinajstić information content (AvgIpc) is 2.50. The molecule has 2 aromatic carbocycles. The Kier molecular flexibility index (Phi) is 6.00. The first-order chi connectivity index (χ1) is 10.6. The molecular formula is C15H13Cl2N3OS. The molecule has 2 N–H and O–H groups in total. The van der Waals surface area contributed by atoms with E-state index in [1.807, 2.05) is 24.3 Å². The number of hydrazone groups is 1. The molecule has 0 aliphatic heterocycles. The van der Waals surface area contributed by atoms with Gasteiger partial charge >= 0.3 is 0 Å². The molecule has 22 heavy (non-hydrogen) atoms. The summed E-state index contributed by atoms with van der Waals surface area (Å²) in [6.07, 6.45) is 1.64. The molecule has 0 atom stereocenters. The van der Waals surface area contributed by atoms with E-state index < -0.39 is 0 Å². The number of benzene rings is 2. The van der Waals surface area contributed by atoms with Crippen LogP contribution in [0.3, 0.4) is 0 Å². The van der Waals surface area contributed by atoms with Crippen molar-refractivity contribution in [3.63, 3.8) is 0 Å². The molecule has 0 spiro atoms. The molecule has 0 heterocycles. The quantitative estimate of drug-likeness (QED) is 0.488. The lowest BCUT2D eigenvalue weighted by molar-refractivity contribution is 0.415. The number of ether oxygens (including phenoxy) is 1. The van der Waals surface area contributed by atoms with Crippen LogP contribution in [-0.4, -0.2) is 18.4 Å². The lowest BCUT2D eigenvalue weighted by Gasteiger charge is -2.08. The normalized spacial score (nSPS) is 10.5. The summed E-state index contributed by atoms with van der Waals surface area (Å²) < 4.78 is 5.14. The number of methoxy groups -OCH3 is 1. The van der Waals surface area contributed by atoms with E-state index in [0.29, 0.717) is 20.8 Å². The maximum atomic E-state index is 6.05. The van der Waals surface area contributed by atoms with Gasteiger partial charge in [-0.25, -0.2) is 0 Å². The molecular weight excluding hydrogens is 341 g/mol. The van der Waals surface area contributed by atoms with Gasteiger partial charge < -0.3 is 10.1 Å². The molecule has 2 aromatic rings. The van der Waals surface area contributed by atoms with Crippen molar-refractivity contribution in [3.8, 4) is 5.75 Å². The summed E-state index contributed by atoms with van der Waals surface area (Å²) in [6.45, 7) is 0. The summed E-state index contributed by atoms with van der Waals surface area (Å²) >= 11 is 17.0. The highest BCUT2D eigenvalue weighted by atomic mass is 35.5. The van der Waals surface area contributed by atoms with Crippen molar-refractivity contribution in [2.24, 2.45) is 5.10 Å². The molecule has 0 fully saturated rings. The third kappa shape index (κ3) is 4.87. The van der Waals surface area contributed by atoms with Gasteiger partial charge in [-0.05, 0) is 48.1 Å². The molecule has 7 heteroatoms. The summed E-state index contributed by atoms with van der Waals surface area (Å²) in [5, 5.41) is 8.36.